The zero-order valence-electron chi connectivity index (χ0n) is 9.30. The van der Waals surface area contributed by atoms with Gasteiger partial charge in [0.15, 0.2) is 0 Å². The van der Waals surface area contributed by atoms with Crippen molar-refractivity contribution < 1.29 is 8.42 Å². The molecule has 1 aromatic rings. The van der Waals surface area contributed by atoms with E-state index >= 15 is 0 Å². The first-order chi connectivity index (χ1) is 7.47. The Morgan fingerprint density at radius 1 is 1.38 bits per heavy atom. The minimum atomic E-state index is -2.93. The summed E-state index contributed by atoms with van der Waals surface area (Å²) in [6.07, 6.45) is 7.39. The number of rotatable bonds is 5. The smallest absolute Gasteiger partial charge is 0.299 e. The van der Waals surface area contributed by atoms with Crippen molar-refractivity contribution >= 4 is 9.84 Å². The van der Waals surface area contributed by atoms with Crippen LogP contribution in [0.2, 0.25) is 0 Å². The van der Waals surface area contributed by atoms with Crippen LogP contribution in [0.4, 0.5) is 0 Å². The second-order valence-electron chi connectivity index (χ2n) is 4.40. The lowest BCUT2D eigenvalue weighted by Gasteiger charge is -2.00. The molecule has 16 heavy (non-hydrogen) atoms. The van der Waals surface area contributed by atoms with Gasteiger partial charge in [0.1, 0.15) is 9.84 Å². The predicted octanol–water partition coefficient (Wildman–Crippen LogP) is 0.419. The minimum Gasteiger partial charge on any atom is -0.299 e. The molecule has 0 atom stereocenters. The Labute approximate surface area is 94.6 Å². The van der Waals surface area contributed by atoms with Gasteiger partial charge in [0.05, 0.1) is 5.75 Å². The maximum Gasteiger partial charge on any atom is 0.328 e. The van der Waals surface area contributed by atoms with Gasteiger partial charge in [0.25, 0.3) is 0 Å². The fourth-order valence-electron chi connectivity index (χ4n) is 1.73. The molecule has 6 heteroatoms. The van der Waals surface area contributed by atoms with Gasteiger partial charge in [0.2, 0.25) is 0 Å². The molecule has 0 bridgehead atoms. The lowest BCUT2D eigenvalue weighted by Crippen LogP contribution is -2.24. The molecular formula is C10H16N2O3S. The van der Waals surface area contributed by atoms with Crippen molar-refractivity contribution in [2.24, 2.45) is 0 Å². The topological polar surface area (TPSA) is 61.1 Å². The summed E-state index contributed by atoms with van der Waals surface area (Å²) in [5.74, 6) is 0.133. The van der Waals surface area contributed by atoms with E-state index in [4.69, 9.17) is 0 Å². The summed E-state index contributed by atoms with van der Waals surface area (Å²) in [7, 11) is -2.93. The number of aryl methyl sites for hydroxylation is 1. The molecule has 1 fully saturated rings. The Kier molecular flexibility index (Phi) is 2.92. The molecule has 0 saturated heterocycles. The second-order valence-corrected chi connectivity index (χ2v) is 6.66. The summed E-state index contributed by atoms with van der Waals surface area (Å²) in [5, 5.41) is 0. The molecule has 0 aliphatic heterocycles. The van der Waals surface area contributed by atoms with Gasteiger partial charge >= 0.3 is 5.69 Å². The van der Waals surface area contributed by atoms with Crippen molar-refractivity contribution in [3.63, 3.8) is 0 Å². The number of sulfone groups is 1. The molecule has 1 aromatic heterocycles. The summed E-state index contributed by atoms with van der Waals surface area (Å²) in [4.78, 5) is 11.8. The van der Waals surface area contributed by atoms with Crippen molar-refractivity contribution in [1.29, 1.82) is 0 Å². The van der Waals surface area contributed by atoms with Crippen LogP contribution >= 0.6 is 0 Å². The fourth-order valence-corrected chi connectivity index (χ4v) is 2.38. The Morgan fingerprint density at radius 2 is 2.06 bits per heavy atom. The first kappa shape index (κ1) is 11.4. The van der Waals surface area contributed by atoms with Crippen LogP contribution in [0.25, 0.3) is 0 Å². The van der Waals surface area contributed by atoms with Crippen molar-refractivity contribution in [3.8, 4) is 0 Å². The van der Waals surface area contributed by atoms with E-state index in [0.717, 1.165) is 12.8 Å². The largest absolute Gasteiger partial charge is 0.328 e. The quantitative estimate of drug-likeness (QED) is 0.754. The minimum absolute atomic E-state index is 0.0176. The van der Waals surface area contributed by atoms with Gasteiger partial charge in [-0.25, -0.2) is 13.2 Å². The summed E-state index contributed by atoms with van der Waals surface area (Å²) in [6.45, 7) is 0.478. The van der Waals surface area contributed by atoms with Crippen molar-refractivity contribution in [3.05, 3.63) is 22.9 Å². The van der Waals surface area contributed by atoms with Crippen LogP contribution in [0, 0.1) is 0 Å². The van der Waals surface area contributed by atoms with Crippen LogP contribution in [0.1, 0.15) is 25.3 Å². The van der Waals surface area contributed by atoms with E-state index in [1.807, 2.05) is 0 Å². The van der Waals surface area contributed by atoms with Crippen LogP contribution in [-0.4, -0.2) is 29.6 Å². The fraction of sp³-hybridized carbons (Fsp3) is 0.700. The monoisotopic (exact) mass is 244 g/mol. The molecule has 0 unspecified atom stereocenters. The van der Waals surface area contributed by atoms with E-state index in [1.54, 1.807) is 21.5 Å². The van der Waals surface area contributed by atoms with E-state index in [-0.39, 0.29) is 11.4 Å². The average molecular weight is 244 g/mol. The predicted molar refractivity (Wildman–Crippen MR) is 61.3 cm³/mol. The molecular weight excluding hydrogens is 228 g/mol. The number of aromatic nitrogens is 2. The lowest BCUT2D eigenvalue weighted by molar-refractivity contribution is 0.582. The average Bonchev–Trinajstić information content (AvgIpc) is 2.93. The zero-order valence-corrected chi connectivity index (χ0v) is 10.1. The lowest BCUT2D eigenvalue weighted by atomic mass is 10.5. The molecule has 2 rings (SSSR count). The molecule has 0 aromatic carbocycles. The SMILES string of the molecule is CS(=O)(=O)CCCn1ccn(C2CC2)c1=O. The van der Waals surface area contributed by atoms with Crippen LogP contribution in [0.15, 0.2) is 17.2 Å². The number of nitrogens with zero attached hydrogens (tertiary/aromatic N) is 2. The second kappa shape index (κ2) is 4.08. The van der Waals surface area contributed by atoms with Gasteiger partial charge in [-0.05, 0) is 19.3 Å². The van der Waals surface area contributed by atoms with Gasteiger partial charge in [-0.1, -0.05) is 0 Å². The van der Waals surface area contributed by atoms with E-state index in [9.17, 15) is 13.2 Å². The standard InChI is InChI=1S/C10H16N2O3S/c1-16(14,15)8-2-5-11-6-7-12(10(11)13)9-3-4-9/h6-7,9H,2-5,8H2,1H3. The molecule has 1 aliphatic rings. The molecule has 5 nitrogen and oxygen atoms in total. The molecule has 0 amide bonds. The van der Waals surface area contributed by atoms with E-state index in [1.165, 1.54) is 6.26 Å². The Hall–Kier alpha value is -1.04. The van der Waals surface area contributed by atoms with Gasteiger partial charge in [-0.2, -0.15) is 0 Å². The maximum atomic E-state index is 11.8. The zero-order chi connectivity index (χ0) is 11.8. The van der Waals surface area contributed by atoms with E-state index < -0.39 is 9.84 Å². The van der Waals surface area contributed by atoms with Crippen molar-refractivity contribution in [2.45, 2.75) is 31.8 Å². The van der Waals surface area contributed by atoms with Crippen LogP contribution in [0.3, 0.4) is 0 Å². The normalized spacial score (nSPS) is 16.6. The van der Waals surface area contributed by atoms with Crippen LogP contribution in [0.5, 0.6) is 0 Å². The molecule has 0 radical (unpaired) electrons. The molecule has 0 N–H and O–H groups in total. The van der Waals surface area contributed by atoms with Gasteiger partial charge in [0, 0.05) is 31.2 Å². The first-order valence-corrected chi connectivity index (χ1v) is 7.48. The third kappa shape index (κ3) is 2.75. The van der Waals surface area contributed by atoms with Crippen molar-refractivity contribution in [2.75, 3.05) is 12.0 Å². The van der Waals surface area contributed by atoms with E-state index in [0.29, 0.717) is 19.0 Å². The van der Waals surface area contributed by atoms with E-state index in [2.05, 4.69) is 0 Å². The van der Waals surface area contributed by atoms with Gasteiger partial charge in [-0.15, -0.1) is 0 Å². The van der Waals surface area contributed by atoms with Crippen LogP contribution < -0.4 is 5.69 Å². The third-order valence-corrected chi connectivity index (χ3v) is 3.76. The molecule has 90 valence electrons. The number of imidazole rings is 1. The highest BCUT2D eigenvalue weighted by Gasteiger charge is 2.25. The first-order valence-electron chi connectivity index (χ1n) is 5.42. The van der Waals surface area contributed by atoms with Crippen molar-refractivity contribution in [1.82, 2.24) is 9.13 Å². The summed E-state index contributed by atoms with van der Waals surface area (Å²) < 4.78 is 25.2. The molecule has 1 aliphatic carbocycles. The molecule has 0 spiro atoms. The highest BCUT2D eigenvalue weighted by molar-refractivity contribution is 7.90. The maximum absolute atomic E-state index is 11.8. The number of hydrogen-bond donors (Lipinski definition) is 0. The highest BCUT2D eigenvalue weighted by Crippen LogP contribution is 2.33. The Morgan fingerprint density at radius 3 is 2.62 bits per heavy atom. The number of hydrogen-bond acceptors (Lipinski definition) is 3. The summed E-state index contributed by atoms with van der Waals surface area (Å²) in [6, 6.07) is 0.378. The molecule has 1 saturated carbocycles. The molecule has 1 heterocycles. The highest BCUT2D eigenvalue weighted by atomic mass is 32.2. The summed E-state index contributed by atoms with van der Waals surface area (Å²) in [5.41, 5.74) is -0.0176. The van der Waals surface area contributed by atoms with Crippen LogP contribution in [-0.2, 0) is 16.4 Å². The third-order valence-electron chi connectivity index (χ3n) is 2.73. The Balaban J connectivity index is 1.97. The Bertz CT molecular complexity index is 523. The van der Waals surface area contributed by atoms with Gasteiger partial charge in [-0.3, -0.25) is 9.13 Å². The summed E-state index contributed by atoms with van der Waals surface area (Å²) >= 11 is 0. The van der Waals surface area contributed by atoms with Gasteiger partial charge < -0.3 is 0 Å².